The minimum Gasteiger partial charge on any atom is -0.252 e. The summed E-state index contributed by atoms with van der Waals surface area (Å²) in [7, 11) is 0. The predicted octanol–water partition coefficient (Wildman–Crippen LogP) is 2.18. The van der Waals surface area contributed by atoms with E-state index in [0.29, 0.717) is 0 Å². The zero-order valence-electron chi connectivity index (χ0n) is 6.26. The Morgan fingerprint density at radius 1 is 1.18 bits per heavy atom. The first kappa shape index (κ1) is 6.18. The van der Waals surface area contributed by atoms with Crippen LogP contribution >= 0.6 is 0 Å². The lowest BCUT2D eigenvalue weighted by Crippen LogP contribution is -1.89. The van der Waals surface area contributed by atoms with Gasteiger partial charge in [-0.25, -0.2) is 0 Å². The lowest BCUT2D eigenvalue weighted by Gasteiger charge is -2.00. The fraction of sp³-hybridized carbons (Fsp3) is 0.100. The zero-order valence-corrected chi connectivity index (χ0v) is 6.26. The molecule has 1 heterocycles. The standard InChI is InChI=1S/C10H7N/c1-8-6-7-9-4-2-3-5-10(9)11-8/h4-7H,1H3. The Kier molecular flexibility index (Phi) is 1.26. The number of hydrogen-bond acceptors (Lipinski definition) is 1. The molecule has 1 aliphatic rings. The van der Waals surface area contributed by atoms with Gasteiger partial charge < -0.3 is 0 Å². The average molecular weight is 141 g/mol. The van der Waals surface area contributed by atoms with Gasteiger partial charge in [-0.05, 0) is 19.1 Å². The number of fused-ring (bicyclic) bond motifs is 1. The van der Waals surface area contributed by atoms with E-state index in [1.807, 2.05) is 31.2 Å². The molecular weight excluding hydrogens is 134 g/mol. The summed E-state index contributed by atoms with van der Waals surface area (Å²) in [5.74, 6) is 0. The van der Waals surface area contributed by atoms with Crippen LogP contribution in [0, 0.1) is 6.92 Å². The highest BCUT2D eigenvalue weighted by atomic mass is 14.7. The summed E-state index contributed by atoms with van der Waals surface area (Å²) in [4.78, 5) is 4.32. The molecule has 0 spiro atoms. The maximum Gasteiger partial charge on any atom is 0.0795 e. The van der Waals surface area contributed by atoms with Gasteiger partial charge in [-0.2, -0.15) is 0 Å². The highest BCUT2D eigenvalue weighted by molar-refractivity contribution is 5.65. The monoisotopic (exact) mass is 141 g/mol. The molecule has 0 aromatic carbocycles. The van der Waals surface area contributed by atoms with Gasteiger partial charge >= 0.3 is 0 Å². The van der Waals surface area contributed by atoms with Crippen molar-refractivity contribution in [3.8, 4) is 0 Å². The number of pyridine rings is 1. The van der Waals surface area contributed by atoms with Crippen LogP contribution < -0.4 is 0 Å². The molecule has 0 unspecified atom stereocenters. The SMILES string of the molecule is Cc1ccc2c(n1)C=C=C=C2. The Bertz CT molecular complexity index is 389. The third kappa shape index (κ3) is 1.03. The van der Waals surface area contributed by atoms with Crippen LogP contribution in [0.15, 0.2) is 23.6 Å². The molecule has 0 aliphatic heterocycles. The molecule has 52 valence electrons. The molecule has 0 saturated carbocycles. The van der Waals surface area contributed by atoms with Crippen LogP contribution in [0.3, 0.4) is 0 Å². The number of hydrogen-bond donors (Lipinski definition) is 0. The molecule has 11 heavy (non-hydrogen) atoms. The van der Waals surface area contributed by atoms with Crippen LogP contribution in [0.1, 0.15) is 17.0 Å². The van der Waals surface area contributed by atoms with E-state index < -0.39 is 0 Å². The first-order valence-electron chi connectivity index (χ1n) is 3.51. The Balaban J connectivity index is 2.70. The predicted molar refractivity (Wildman–Crippen MR) is 44.9 cm³/mol. The summed E-state index contributed by atoms with van der Waals surface area (Å²) >= 11 is 0. The summed E-state index contributed by atoms with van der Waals surface area (Å²) in [6, 6.07) is 4.04. The van der Waals surface area contributed by atoms with Gasteiger partial charge in [0, 0.05) is 17.3 Å². The molecule has 0 saturated heterocycles. The van der Waals surface area contributed by atoms with E-state index in [2.05, 4.69) is 16.4 Å². The lowest BCUT2D eigenvalue weighted by atomic mass is 10.1. The Morgan fingerprint density at radius 2 is 2.00 bits per heavy atom. The minimum atomic E-state index is 0.990. The molecule has 0 fully saturated rings. The summed E-state index contributed by atoms with van der Waals surface area (Å²) < 4.78 is 0. The first-order chi connectivity index (χ1) is 5.36. The van der Waals surface area contributed by atoms with Crippen LogP contribution in [-0.2, 0) is 0 Å². The van der Waals surface area contributed by atoms with Crippen molar-refractivity contribution in [2.75, 3.05) is 0 Å². The van der Waals surface area contributed by atoms with Gasteiger partial charge in [-0.3, -0.25) is 4.98 Å². The van der Waals surface area contributed by atoms with Crippen molar-refractivity contribution < 1.29 is 0 Å². The Morgan fingerprint density at radius 3 is 2.91 bits per heavy atom. The van der Waals surface area contributed by atoms with Crippen molar-refractivity contribution in [3.63, 3.8) is 0 Å². The van der Waals surface area contributed by atoms with Crippen LogP contribution in [0.2, 0.25) is 0 Å². The average Bonchev–Trinajstić information content (AvgIpc) is 2.04. The highest BCUT2D eigenvalue weighted by Crippen LogP contribution is 2.12. The smallest absolute Gasteiger partial charge is 0.0795 e. The van der Waals surface area contributed by atoms with Crippen LogP contribution in [0.25, 0.3) is 12.2 Å². The van der Waals surface area contributed by atoms with Crippen molar-refractivity contribution in [1.29, 1.82) is 0 Å². The van der Waals surface area contributed by atoms with Gasteiger partial charge in [0.25, 0.3) is 0 Å². The van der Waals surface area contributed by atoms with Crippen LogP contribution in [0.5, 0.6) is 0 Å². The Labute approximate surface area is 65.4 Å². The topological polar surface area (TPSA) is 12.9 Å². The second kappa shape index (κ2) is 2.25. The van der Waals surface area contributed by atoms with Gasteiger partial charge in [-0.15, -0.1) is 0 Å². The van der Waals surface area contributed by atoms with E-state index >= 15 is 0 Å². The molecule has 1 nitrogen and oxygen atoms in total. The molecule has 0 radical (unpaired) electrons. The zero-order chi connectivity index (χ0) is 7.68. The Hall–Kier alpha value is -1.55. The molecule has 1 heteroatoms. The van der Waals surface area contributed by atoms with Crippen molar-refractivity contribution >= 4 is 12.2 Å². The van der Waals surface area contributed by atoms with E-state index in [4.69, 9.17) is 0 Å². The second-order valence-corrected chi connectivity index (χ2v) is 2.50. The molecule has 0 amide bonds. The van der Waals surface area contributed by atoms with Crippen molar-refractivity contribution in [1.82, 2.24) is 4.98 Å². The number of aryl methyl sites for hydroxylation is 1. The lowest BCUT2D eigenvalue weighted by molar-refractivity contribution is 1.17. The van der Waals surface area contributed by atoms with Gasteiger partial charge in [0.1, 0.15) is 0 Å². The fourth-order valence-electron chi connectivity index (χ4n) is 1.05. The van der Waals surface area contributed by atoms with Crippen molar-refractivity contribution in [2.24, 2.45) is 0 Å². The van der Waals surface area contributed by atoms with Crippen LogP contribution in [-0.4, -0.2) is 4.98 Å². The maximum absolute atomic E-state index is 4.32. The number of nitrogens with zero attached hydrogens (tertiary/aromatic N) is 1. The van der Waals surface area contributed by atoms with E-state index in [1.165, 1.54) is 0 Å². The summed E-state index contributed by atoms with van der Waals surface area (Å²) in [5, 5.41) is 0. The minimum absolute atomic E-state index is 0.990. The third-order valence-corrected chi connectivity index (χ3v) is 1.62. The van der Waals surface area contributed by atoms with Crippen LogP contribution in [0.4, 0.5) is 0 Å². The molecule has 0 N–H and O–H groups in total. The molecule has 1 aliphatic carbocycles. The number of aromatic nitrogens is 1. The van der Waals surface area contributed by atoms with Gasteiger partial charge in [0.2, 0.25) is 0 Å². The van der Waals surface area contributed by atoms with Crippen molar-refractivity contribution in [3.05, 3.63) is 40.5 Å². The molecule has 0 atom stereocenters. The number of rotatable bonds is 0. The largest absolute Gasteiger partial charge is 0.252 e. The summed E-state index contributed by atoms with van der Waals surface area (Å²) in [5.41, 5.74) is 8.91. The molecule has 2 rings (SSSR count). The third-order valence-electron chi connectivity index (χ3n) is 1.62. The van der Waals surface area contributed by atoms with E-state index in [9.17, 15) is 0 Å². The first-order valence-corrected chi connectivity index (χ1v) is 3.51. The summed E-state index contributed by atoms with van der Waals surface area (Å²) in [6.45, 7) is 1.98. The molecule has 1 aromatic rings. The molecule has 0 bridgehead atoms. The highest BCUT2D eigenvalue weighted by Gasteiger charge is 1.98. The second-order valence-electron chi connectivity index (χ2n) is 2.50. The van der Waals surface area contributed by atoms with Gasteiger partial charge in [-0.1, -0.05) is 17.5 Å². The van der Waals surface area contributed by atoms with Crippen molar-refractivity contribution in [2.45, 2.75) is 6.92 Å². The normalized spacial score (nSPS) is 11.7. The summed E-state index contributed by atoms with van der Waals surface area (Å²) in [6.07, 6.45) is 3.74. The fourth-order valence-corrected chi connectivity index (χ4v) is 1.05. The van der Waals surface area contributed by atoms with E-state index in [-0.39, 0.29) is 0 Å². The van der Waals surface area contributed by atoms with E-state index in [0.717, 1.165) is 17.0 Å². The molecule has 1 aromatic heterocycles. The van der Waals surface area contributed by atoms with E-state index in [1.54, 1.807) is 0 Å². The van der Waals surface area contributed by atoms with Gasteiger partial charge in [0.05, 0.1) is 5.69 Å². The molecular formula is C10H7N. The quantitative estimate of drug-likeness (QED) is 0.512. The maximum atomic E-state index is 4.32. The van der Waals surface area contributed by atoms with Gasteiger partial charge in [0.15, 0.2) is 0 Å².